The van der Waals surface area contributed by atoms with E-state index in [4.69, 9.17) is 27.7 Å². The first-order valence-corrected chi connectivity index (χ1v) is 8.28. The number of nitriles is 1. The molecule has 0 saturated carbocycles. The van der Waals surface area contributed by atoms with Gasteiger partial charge in [-0.05, 0) is 31.2 Å². The minimum Gasteiger partial charge on any atom is -0.359 e. The van der Waals surface area contributed by atoms with Crippen LogP contribution in [-0.4, -0.2) is 11.4 Å². The average Bonchev–Trinajstić information content (AvgIpc) is 2.99. The molecule has 0 bridgehead atoms. The zero-order valence-corrected chi connectivity index (χ0v) is 14.8. The quantitative estimate of drug-likeness (QED) is 0.548. The number of benzene rings is 2. The van der Waals surface area contributed by atoms with E-state index in [1.165, 1.54) is 5.56 Å². The summed E-state index contributed by atoms with van der Waals surface area (Å²) in [7, 11) is 0. The minimum absolute atomic E-state index is 0.311. The number of nitrogens with zero attached hydrogens (tertiary/aromatic N) is 3. The van der Waals surface area contributed by atoms with Crippen LogP contribution in [0.4, 0.5) is 5.69 Å². The van der Waals surface area contributed by atoms with Crippen molar-refractivity contribution in [2.45, 2.75) is 13.3 Å². The van der Waals surface area contributed by atoms with E-state index in [0.717, 1.165) is 5.69 Å². The van der Waals surface area contributed by atoms with E-state index in [2.05, 4.69) is 16.2 Å². The van der Waals surface area contributed by atoms with Crippen LogP contribution in [0.1, 0.15) is 16.9 Å². The summed E-state index contributed by atoms with van der Waals surface area (Å²) in [6.45, 7) is 2.02. The Labute approximate surface area is 155 Å². The summed E-state index contributed by atoms with van der Waals surface area (Å²) in [6, 6.07) is 15.0. The van der Waals surface area contributed by atoms with Gasteiger partial charge in [-0.2, -0.15) is 5.26 Å². The van der Waals surface area contributed by atoms with Gasteiger partial charge in [0, 0.05) is 18.2 Å². The van der Waals surface area contributed by atoms with Crippen LogP contribution in [0.25, 0.3) is 11.3 Å². The summed E-state index contributed by atoms with van der Waals surface area (Å²) in [5, 5.41) is 14.3. The summed E-state index contributed by atoms with van der Waals surface area (Å²) in [5.41, 5.74) is 3.15. The van der Waals surface area contributed by atoms with Crippen LogP contribution in [0.15, 0.2) is 52.0 Å². The third-order valence-corrected chi connectivity index (χ3v) is 4.26. The Hall–Kier alpha value is -2.61. The predicted octanol–water partition coefficient (Wildman–Crippen LogP) is 5.77. The zero-order chi connectivity index (χ0) is 17.8. The number of aromatic nitrogens is 1. The van der Waals surface area contributed by atoms with E-state index < -0.39 is 0 Å². The zero-order valence-electron chi connectivity index (χ0n) is 13.3. The van der Waals surface area contributed by atoms with Crippen molar-refractivity contribution in [2.24, 2.45) is 4.99 Å². The van der Waals surface area contributed by atoms with Crippen molar-refractivity contribution in [3.8, 4) is 17.3 Å². The van der Waals surface area contributed by atoms with Crippen molar-refractivity contribution in [1.29, 1.82) is 5.26 Å². The van der Waals surface area contributed by atoms with E-state index in [0.29, 0.717) is 39.0 Å². The van der Waals surface area contributed by atoms with Crippen molar-refractivity contribution >= 4 is 35.1 Å². The smallest absolute Gasteiger partial charge is 0.160 e. The van der Waals surface area contributed by atoms with Gasteiger partial charge in [0.15, 0.2) is 5.76 Å². The van der Waals surface area contributed by atoms with Gasteiger partial charge in [0.2, 0.25) is 0 Å². The standard InChI is InChI=1S/C19H13Cl2N3O/c1-12-5-7-13(8-6-12)23-10-9-17-14(11-22)19(24-25-17)18-15(20)3-2-4-16(18)21/h2-8,10H,9H2,1H3. The maximum absolute atomic E-state index is 9.50. The third-order valence-electron chi connectivity index (χ3n) is 3.63. The first kappa shape index (κ1) is 17.2. The van der Waals surface area contributed by atoms with Crippen LogP contribution >= 0.6 is 23.2 Å². The molecule has 3 aromatic rings. The van der Waals surface area contributed by atoms with E-state index in [1.54, 1.807) is 24.4 Å². The van der Waals surface area contributed by atoms with E-state index in [1.807, 2.05) is 31.2 Å². The fraction of sp³-hybridized carbons (Fsp3) is 0.105. The molecule has 124 valence electrons. The molecular weight excluding hydrogens is 357 g/mol. The van der Waals surface area contributed by atoms with Gasteiger partial charge in [-0.1, -0.05) is 52.1 Å². The van der Waals surface area contributed by atoms with Gasteiger partial charge < -0.3 is 4.52 Å². The average molecular weight is 370 g/mol. The van der Waals surface area contributed by atoms with Crippen LogP contribution in [0.3, 0.4) is 0 Å². The van der Waals surface area contributed by atoms with Crippen LogP contribution < -0.4 is 0 Å². The Kier molecular flexibility index (Phi) is 5.18. The fourth-order valence-electron chi connectivity index (χ4n) is 2.34. The Morgan fingerprint density at radius 3 is 2.48 bits per heavy atom. The number of rotatable bonds is 4. The van der Waals surface area contributed by atoms with Crippen LogP contribution in [0, 0.1) is 18.3 Å². The molecule has 3 rings (SSSR count). The van der Waals surface area contributed by atoms with Gasteiger partial charge in [0.25, 0.3) is 0 Å². The molecule has 0 N–H and O–H groups in total. The lowest BCUT2D eigenvalue weighted by molar-refractivity contribution is 0.395. The topological polar surface area (TPSA) is 62.2 Å². The van der Waals surface area contributed by atoms with E-state index in [9.17, 15) is 5.26 Å². The van der Waals surface area contributed by atoms with Gasteiger partial charge >= 0.3 is 0 Å². The molecule has 0 radical (unpaired) electrons. The first-order valence-electron chi connectivity index (χ1n) is 7.52. The van der Waals surface area contributed by atoms with Gasteiger partial charge in [-0.25, -0.2) is 0 Å². The highest BCUT2D eigenvalue weighted by Crippen LogP contribution is 2.36. The molecule has 0 saturated heterocycles. The monoisotopic (exact) mass is 369 g/mol. The molecule has 0 aliphatic carbocycles. The summed E-state index contributed by atoms with van der Waals surface area (Å²) < 4.78 is 5.33. The Morgan fingerprint density at radius 1 is 1.16 bits per heavy atom. The highest BCUT2D eigenvalue weighted by molar-refractivity contribution is 6.39. The van der Waals surface area contributed by atoms with Crippen LogP contribution in [0.2, 0.25) is 10.0 Å². The normalized spacial score (nSPS) is 11.0. The van der Waals surface area contributed by atoms with Gasteiger partial charge in [-0.3, -0.25) is 4.99 Å². The van der Waals surface area contributed by atoms with E-state index >= 15 is 0 Å². The van der Waals surface area contributed by atoms with E-state index in [-0.39, 0.29) is 0 Å². The molecule has 6 heteroatoms. The Bertz CT molecular complexity index is 949. The molecule has 0 unspecified atom stereocenters. The number of hydrogen-bond donors (Lipinski definition) is 0. The summed E-state index contributed by atoms with van der Waals surface area (Å²) in [4.78, 5) is 4.36. The lowest BCUT2D eigenvalue weighted by Crippen LogP contribution is -1.90. The van der Waals surface area contributed by atoms with Gasteiger partial charge in [-0.15, -0.1) is 0 Å². The summed E-state index contributed by atoms with van der Waals surface area (Å²) in [6.07, 6.45) is 2.02. The van der Waals surface area contributed by atoms with Crippen molar-refractivity contribution in [3.05, 3.63) is 69.4 Å². The molecule has 0 aliphatic heterocycles. The van der Waals surface area contributed by atoms with Crippen molar-refractivity contribution < 1.29 is 4.52 Å². The summed E-state index contributed by atoms with van der Waals surface area (Å²) >= 11 is 12.4. The lowest BCUT2D eigenvalue weighted by atomic mass is 10.1. The second kappa shape index (κ2) is 7.52. The molecule has 0 amide bonds. The largest absolute Gasteiger partial charge is 0.359 e. The number of hydrogen-bond acceptors (Lipinski definition) is 4. The van der Waals surface area contributed by atoms with Crippen LogP contribution in [0.5, 0.6) is 0 Å². The van der Waals surface area contributed by atoms with Gasteiger partial charge in [0.05, 0.1) is 15.7 Å². The maximum Gasteiger partial charge on any atom is 0.160 e. The first-order chi connectivity index (χ1) is 12.1. The third kappa shape index (κ3) is 3.74. The lowest BCUT2D eigenvalue weighted by Gasteiger charge is -2.02. The molecule has 1 heterocycles. The predicted molar refractivity (Wildman–Crippen MR) is 99.7 cm³/mol. The van der Waals surface area contributed by atoms with Crippen molar-refractivity contribution in [2.75, 3.05) is 0 Å². The van der Waals surface area contributed by atoms with Crippen molar-refractivity contribution in [1.82, 2.24) is 5.16 Å². The minimum atomic E-state index is 0.311. The number of aliphatic imine (C=N–C) groups is 1. The Morgan fingerprint density at radius 2 is 1.84 bits per heavy atom. The Balaban J connectivity index is 1.88. The molecule has 0 aliphatic rings. The molecule has 1 aromatic heterocycles. The van der Waals surface area contributed by atoms with Gasteiger partial charge in [0.1, 0.15) is 17.3 Å². The molecule has 0 fully saturated rings. The highest BCUT2D eigenvalue weighted by Gasteiger charge is 2.20. The second-order valence-electron chi connectivity index (χ2n) is 5.39. The molecule has 4 nitrogen and oxygen atoms in total. The highest BCUT2D eigenvalue weighted by atomic mass is 35.5. The molecule has 25 heavy (non-hydrogen) atoms. The van der Waals surface area contributed by atoms with Crippen LogP contribution in [-0.2, 0) is 6.42 Å². The fourth-order valence-corrected chi connectivity index (χ4v) is 2.91. The maximum atomic E-state index is 9.50. The van der Waals surface area contributed by atoms with Crippen molar-refractivity contribution in [3.63, 3.8) is 0 Å². The second-order valence-corrected chi connectivity index (χ2v) is 6.20. The number of aryl methyl sites for hydroxylation is 1. The number of halogens is 2. The molecule has 0 atom stereocenters. The molecular formula is C19H13Cl2N3O. The molecule has 2 aromatic carbocycles. The molecule has 0 spiro atoms. The summed E-state index contributed by atoms with van der Waals surface area (Å²) in [5.74, 6) is 0.421. The SMILES string of the molecule is Cc1ccc(N=CCc2onc(-c3c(Cl)cccc3Cl)c2C#N)cc1.